The topological polar surface area (TPSA) is 66.8 Å². The predicted octanol–water partition coefficient (Wildman–Crippen LogP) is 2.54. The molecule has 1 fully saturated rings. The van der Waals surface area contributed by atoms with Crippen LogP contribution in [-0.4, -0.2) is 41.6 Å². The van der Waals surface area contributed by atoms with E-state index in [1.807, 2.05) is 0 Å². The van der Waals surface area contributed by atoms with Gasteiger partial charge in [-0.25, -0.2) is 8.78 Å². The van der Waals surface area contributed by atoms with Gasteiger partial charge >= 0.3 is 5.97 Å². The number of halogens is 2. The van der Waals surface area contributed by atoms with Crippen LogP contribution < -0.4 is 4.74 Å². The summed E-state index contributed by atoms with van der Waals surface area (Å²) >= 11 is 0. The van der Waals surface area contributed by atoms with Gasteiger partial charge in [-0.2, -0.15) is 0 Å². The summed E-state index contributed by atoms with van der Waals surface area (Å²) in [6.45, 7) is 3.73. The van der Waals surface area contributed by atoms with Crippen molar-refractivity contribution in [2.24, 2.45) is 11.8 Å². The SMILES string of the molecule is COc1cc(F)c(C(=O)N2CCC(C(=O)O)C2C(C)C)c(F)c1. The minimum atomic E-state index is -1.02. The van der Waals surface area contributed by atoms with Gasteiger partial charge in [0.15, 0.2) is 0 Å². The molecule has 2 atom stereocenters. The van der Waals surface area contributed by atoms with Crippen molar-refractivity contribution in [2.45, 2.75) is 26.3 Å². The van der Waals surface area contributed by atoms with Gasteiger partial charge < -0.3 is 14.7 Å². The first-order valence-electron chi connectivity index (χ1n) is 7.34. The van der Waals surface area contributed by atoms with E-state index in [2.05, 4.69) is 0 Å². The number of carbonyl (C=O) groups excluding carboxylic acids is 1. The smallest absolute Gasteiger partial charge is 0.308 e. The number of carboxylic acid groups (broad SMARTS) is 1. The fraction of sp³-hybridized carbons (Fsp3) is 0.500. The Balaban J connectivity index is 2.39. The highest BCUT2D eigenvalue weighted by Gasteiger charge is 2.43. The zero-order valence-corrected chi connectivity index (χ0v) is 13.2. The van der Waals surface area contributed by atoms with Crippen molar-refractivity contribution in [3.63, 3.8) is 0 Å². The van der Waals surface area contributed by atoms with E-state index in [9.17, 15) is 23.5 Å². The molecule has 1 aliphatic rings. The third kappa shape index (κ3) is 3.13. The molecule has 0 aliphatic carbocycles. The van der Waals surface area contributed by atoms with Gasteiger partial charge in [-0.15, -0.1) is 0 Å². The molecule has 1 aromatic carbocycles. The Morgan fingerprint density at radius 2 is 1.87 bits per heavy atom. The molecule has 1 aromatic rings. The molecule has 0 radical (unpaired) electrons. The van der Waals surface area contributed by atoms with E-state index in [4.69, 9.17) is 4.74 Å². The minimum absolute atomic E-state index is 0.0261. The van der Waals surface area contributed by atoms with Crippen LogP contribution >= 0.6 is 0 Å². The first kappa shape index (κ1) is 17.2. The second-order valence-electron chi connectivity index (χ2n) is 5.93. The van der Waals surface area contributed by atoms with Gasteiger partial charge in [-0.3, -0.25) is 9.59 Å². The van der Waals surface area contributed by atoms with Gasteiger partial charge in [0.05, 0.1) is 13.0 Å². The van der Waals surface area contributed by atoms with E-state index in [1.165, 1.54) is 12.0 Å². The number of hydrogen-bond acceptors (Lipinski definition) is 3. The summed E-state index contributed by atoms with van der Waals surface area (Å²) in [4.78, 5) is 25.2. The zero-order valence-electron chi connectivity index (χ0n) is 13.2. The van der Waals surface area contributed by atoms with Crippen LogP contribution in [0.1, 0.15) is 30.6 Å². The van der Waals surface area contributed by atoms with Crippen molar-refractivity contribution < 1.29 is 28.2 Å². The van der Waals surface area contributed by atoms with Crippen molar-refractivity contribution in [3.8, 4) is 5.75 Å². The van der Waals surface area contributed by atoms with Gasteiger partial charge in [0.25, 0.3) is 5.91 Å². The third-order valence-electron chi connectivity index (χ3n) is 4.18. The van der Waals surface area contributed by atoms with E-state index in [0.717, 1.165) is 12.1 Å². The molecular formula is C16H19F2NO4. The maximum Gasteiger partial charge on any atom is 0.308 e. The Labute approximate surface area is 132 Å². The Morgan fingerprint density at radius 3 is 2.30 bits per heavy atom. The second kappa shape index (κ2) is 6.52. The van der Waals surface area contributed by atoms with Crippen LogP contribution in [0.2, 0.25) is 0 Å². The first-order chi connectivity index (χ1) is 10.8. The van der Waals surface area contributed by atoms with Crippen LogP contribution in [0.5, 0.6) is 5.75 Å². The number of rotatable bonds is 4. The Kier molecular flexibility index (Phi) is 4.87. The van der Waals surface area contributed by atoms with Crippen molar-refractivity contribution >= 4 is 11.9 Å². The Bertz CT molecular complexity index is 610. The monoisotopic (exact) mass is 327 g/mol. The zero-order chi connectivity index (χ0) is 17.3. The largest absolute Gasteiger partial charge is 0.497 e. The molecule has 2 rings (SSSR count). The van der Waals surface area contributed by atoms with Crippen molar-refractivity contribution in [2.75, 3.05) is 13.7 Å². The number of methoxy groups -OCH3 is 1. The highest BCUT2D eigenvalue weighted by molar-refractivity contribution is 5.96. The standard InChI is InChI=1S/C16H19F2NO4/c1-8(2)14-10(16(21)22)4-5-19(14)15(20)13-11(17)6-9(23-3)7-12(13)18/h6-8,10,14H,4-5H2,1-3H3,(H,21,22). The summed E-state index contributed by atoms with van der Waals surface area (Å²) in [5.41, 5.74) is -0.678. The van der Waals surface area contributed by atoms with Crippen LogP contribution in [-0.2, 0) is 4.79 Å². The summed E-state index contributed by atoms with van der Waals surface area (Å²) in [6, 6.07) is 1.28. The van der Waals surface area contributed by atoms with Crippen molar-refractivity contribution in [1.82, 2.24) is 4.90 Å². The summed E-state index contributed by atoms with van der Waals surface area (Å²) in [7, 11) is 1.27. The highest BCUT2D eigenvalue weighted by Crippen LogP contribution is 2.32. The van der Waals surface area contributed by atoms with Crippen LogP contribution in [0, 0.1) is 23.5 Å². The number of carbonyl (C=O) groups is 2. The summed E-state index contributed by atoms with van der Waals surface area (Å²) < 4.78 is 33.0. The van der Waals surface area contributed by atoms with Gasteiger partial charge in [0.1, 0.15) is 22.9 Å². The quantitative estimate of drug-likeness (QED) is 0.923. The lowest BCUT2D eigenvalue weighted by Crippen LogP contribution is -2.43. The average molecular weight is 327 g/mol. The lowest BCUT2D eigenvalue weighted by Gasteiger charge is -2.30. The lowest BCUT2D eigenvalue weighted by molar-refractivity contribution is -0.142. The predicted molar refractivity (Wildman–Crippen MR) is 78.3 cm³/mol. The molecule has 5 nitrogen and oxygen atoms in total. The van der Waals surface area contributed by atoms with Crippen molar-refractivity contribution in [3.05, 3.63) is 29.3 Å². The van der Waals surface area contributed by atoms with Crippen molar-refractivity contribution in [1.29, 1.82) is 0 Å². The van der Waals surface area contributed by atoms with E-state index in [-0.39, 0.29) is 24.6 Å². The fourth-order valence-corrected chi connectivity index (χ4v) is 3.16. The molecule has 23 heavy (non-hydrogen) atoms. The summed E-state index contributed by atoms with van der Waals surface area (Å²) in [5, 5.41) is 9.28. The Morgan fingerprint density at radius 1 is 1.30 bits per heavy atom. The maximum absolute atomic E-state index is 14.1. The number of aliphatic carboxylic acids is 1. The number of amides is 1. The van der Waals surface area contributed by atoms with Gasteiger partial charge in [-0.05, 0) is 12.3 Å². The van der Waals surface area contributed by atoms with E-state index in [0.29, 0.717) is 0 Å². The maximum atomic E-state index is 14.1. The molecule has 1 amide bonds. The molecule has 1 heterocycles. The number of ether oxygens (including phenoxy) is 1. The van der Waals surface area contributed by atoms with Gasteiger partial charge in [0, 0.05) is 24.7 Å². The minimum Gasteiger partial charge on any atom is -0.497 e. The van der Waals surface area contributed by atoms with Crippen LogP contribution in [0.15, 0.2) is 12.1 Å². The number of carboxylic acids is 1. The molecule has 0 aromatic heterocycles. The molecule has 0 spiro atoms. The molecule has 126 valence electrons. The van der Waals surface area contributed by atoms with Crippen LogP contribution in [0.3, 0.4) is 0 Å². The Hall–Kier alpha value is -2.18. The average Bonchev–Trinajstić information content (AvgIpc) is 2.91. The van der Waals surface area contributed by atoms with Crippen LogP contribution in [0.4, 0.5) is 8.78 Å². The van der Waals surface area contributed by atoms with E-state index in [1.54, 1.807) is 13.8 Å². The van der Waals surface area contributed by atoms with E-state index >= 15 is 0 Å². The summed E-state index contributed by atoms with van der Waals surface area (Å²) in [6.07, 6.45) is 0.267. The summed E-state index contributed by atoms with van der Waals surface area (Å²) in [5.74, 6) is -4.78. The highest BCUT2D eigenvalue weighted by atomic mass is 19.1. The lowest BCUT2D eigenvalue weighted by atomic mass is 9.91. The van der Waals surface area contributed by atoms with Gasteiger partial charge in [0.2, 0.25) is 0 Å². The number of nitrogens with zero attached hydrogens (tertiary/aromatic N) is 1. The molecule has 0 bridgehead atoms. The first-order valence-corrected chi connectivity index (χ1v) is 7.34. The molecule has 2 unspecified atom stereocenters. The molecular weight excluding hydrogens is 308 g/mol. The molecule has 1 N–H and O–H groups in total. The normalized spacial score (nSPS) is 20.9. The number of likely N-dealkylation sites (tertiary alicyclic amines) is 1. The molecule has 1 aliphatic heterocycles. The third-order valence-corrected chi connectivity index (χ3v) is 4.18. The van der Waals surface area contributed by atoms with Crippen LogP contribution in [0.25, 0.3) is 0 Å². The fourth-order valence-electron chi connectivity index (χ4n) is 3.16. The molecule has 7 heteroatoms. The molecule has 1 saturated heterocycles. The second-order valence-corrected chi connectivity index (χ2v) is 5.93. The van der Waals surface area contributed by atoms with Gasteiger partial charge in [-0.1, -0.05) is 13.8 Å². The number of hydrogen-bond donors (Lipinski definition) is 1. The van der Waals surface area contributed by atoms with E-state index < -0.39 is 41.0 Å². The number of benzene rings is 1. The molecule has 0 saturated carbocycles.